The maximum absolute atomic E-state index is 13.1. The van der Waals surface area contributed by atoms with E-state index in [0.717, 1.165) is 12.8 Å². The summed E-state index contributed by atoms with van der Waals surface area (Å²) < 4.78 is 5.94. The zero-order valence-corrected chi connectivity index (χ0v) is 18.6. The van der Waals surface area contributed by atoms with Gasteiger partial charge in [0.05, 0.1) is 9.75 Å². The summed E-state index contributed by atoms with van der Waals surface area (Å²) in [7, 11) is 0. The molecular weight excluding hydrogens is 446 g/mol. The van der Waals surface area contributed by atoms with E-state index in [9.17, 15) is 9.90 Å². The predicted molar refractivity (Wildman–Crippen MR) is 113 cm³/mol. The summed E-state index contributed by atoms with van der Waals surface area (Å²) in [6.07, 6.45) is 1.66. The number of fused-ring (bicyclic) bond motifs is 5. The van der Waals surface area contributed by atoms with Crippen molar-refractivity contribution < 1.29 is 14.6 Å². The van der Waals surface area contributed by atoms with Gasteiger partial charge in [-0.2, -0.15) is 0 Å². The van der Waals surface area contributed by atoms with Gasteiger partial charge in [0, 0.05) is 12.1 Å². The van der Waals surface area contributed by atoms with Crippen LogP contribution in [-0.2, 0) is 15.1 Å². The third-order valence-electron chi connectivity index (χ3n) is 6.80. The van der Waals surface area contributed by atoms with Gasteiger partial charge in [-0.3, -0.25) is 0 Å². The van der Waals surface area contributed by atoms with E-state index in [1.54, 1.807) is 12.1 Å². The lowest BCUT2D eigenvalue weighted by atomic mass is 9.65. The van der Waals surface area contributed by atoms with Gasteiger partial charge in [-0.25, -0.2) is 4.79 Å². The van der Waals surface area contributed by atoms with Gasteiger partial charge < -0.3 is 15.2 Å². The first kappa shape index (κ1) is 19.6. The van der Waals surface area contributed by atoms with Crippen molar-refractivity contribution in [2.24, 2.45) is 17.3 Å². The number of piperidine rings is 1. The Kier molecular flexibility index (Phi) is 4.83. The molecule has 2 N–H and O–H groups in total. The molecule has 2 bridgehead atoms. The molecule has 1 saturated heterocycles. The zero-order valence-electron chi connectivity index (χ0n) is 15.3. The van der Waals surface area contributed by atoms with Crippen molar-refractivity contribution in [3.63, 3.8) is 0 Å². The largest absolute Gasteiger partial charge is 0.460 e. The van der Waals surface area contributed by atoms with Gasteiger partial charge in [-0.15, -0.1) is 39.7 Å². The monoisotopic (exact) mass is 469 g/mol. The Morgan fingerprint density at radius 1 is 1.15 bits per heavy atom. The van der Waals surface area contributed by atoms with E-state index in [2.05, 4.69) is 19.2 Å². The summed E-state index contributed by atoms with van der Waals surface area (Å²) in [6.45, 7) is 4.70. The average Bonchev–Trinajstić information content (AvgIpc) is 2.98. The lowest BCUT2D eigenvalue weighted by Gasteiger charge is -2.44. The minimum Gasteiger partial charge on any atom is -0.460 e. The molecule has 146 valence electrons. The highest BCUT2D eigenvalue weighted by atomic mass is 79.9. The average molecular weight is 470 g/mol. The first-order valence-corrected chi connectivity index (χ1v) is 11.0. The number of hydrogen-bond donors (Lipinski definition) is 2. The molecule has 0 spiro atoms. The van der Waals surface area contributed by atoms with Crippen molar-refractivity contribution in [3.05, 3.63) is 44.8 Å². The van der Waals surface area contributed by atoms with E-state index >= 15 is 0 Å². The fourth-order valence-electron chi connectivity index (χ4n) is 5.29. The summed E-state index contributed by atoms with van der Waals surface area (Å²) in [5.74, 6) is 0.550. The number of carbonyl (C=O) groups excluding carboxylic acids is 1. The summed E-state index contributed by atoms with van der Waals surface area (Å²) in [5.41, 5.74) is -1.39. The van der Waals surface area contributed by atoms with Crippen LogP contribution in [0.5, 0.6) is 0 Å². The molecule has 2 aromatic heterocycles. The summed E-state index contributed by atoms with van der Waals surface area (Å²) >= 11 is 2.77. The molecule has 0 radical (unpaired) electrons. The van der Waals surface area contributed by atoms with E-state index in [1.807, 2.05) is 22.9 Å². The molecule has 7 heteroatoms. The molecule has 5 atom stereocenters. The number of rotatable bonds is 4. The Balaban J connectivity index is 0.00000180. The van der Waals surface area contributed by atoms with Crippen molar-refractivity contribution in [1.29, 1.82) is 0 Å². The van der Waals surface area contributed by atoms with Crippen molar-refractivity contribution in [2.45, 2.75) is 50.5 Å². The number of hydrogen-bond acceptors (Lipinski definition) is 6. The Bertz CT molecular complexity index is 766. The van der Waals surface area contributed by atoms with E-state index in [4.69, 9.17) is 4.74 Å². The number of esters is 1. The molecule has 2 aromatic rings. The number of carbonyl (C=O) groups is 1. The number of nitrogens with one attached hydrogen (secondary N) is 1. The lowest BCUT2D eigenvalue weighted by molar-refractivity contribution is -0.172. The molecule has 1 unspecified atom stereocenters. The first-order chi connectivity index (χ1) is 12.4. The predicted octanol–water partition coefficient (Wildman–Crippen LogP) is 3.94. The summed E-state index contributed by atoms with van der Waals surface area (Å²) in [4.78, 5) is 14.4. The fraction of sp³-hybridized carbons (Fsp3) is 0.550. The zero-order chi connectivity index (χ0) is 18.1. The van der Waals surface area contributed by atoms with E-state index in [-0.39, 0.29) is 23.1 Å². The number of aliphatic hydroxyl groups is 1. The van der Waals surface area contributed by atoms with Crippen molar-refractivity contribution >= 4 is 45.6 Å². The van der Waals surface area contributed by atoms with Gasteiger partial charge in [0.2, 0.25) is 5.60 Å². The molecule has 27 heavy (non-hydrogen) atoms. The number of ether oxygens (including phenoxy) is 1. The van der Waals surface area contributed by atoms with Crippen LogP contribution >= 0.6 is 39.7 Å². The standard InChI is InChI=1S/C20H23NO3S2.BrH/c1-19(2)12-9-11(10-13(19)17-16(12)21-17)24-18(22)20(23,14-5-3-7-25-14)15-6-4-8-26-15;/h3-8,11-13,16-17,21,23H,9-10H2,1-2H3;1H/t11?,12-,13+,16-,17+;. The molecular formula is C20H24BrNO3S2. The molecule has 2 saturated carbocycles. The highest BCUT2D eigenvalue weighted by Crippen LogP contribution is 2.60. The highest BCUT2D eigenvalue weighted by molar-refractivity contribution is 8.93. The van der Waals surface area contributed by atoms with Gasteiger partial charge in [-0.05, 0) is 53.0 Å². The van der Waals surface area contributed by atoms with Gasteiger partial charge >= 0.3 is 5.97 Å². The summed E-state index contributed by atoms with van der Waals surface area (Å²) in [6, 6.07) is 8.50. The second-order valence-electron chi connectivity index (χ2n) is 8.42. The van der Waals surface area contributed by atoms with Crippen LogP contribution in [0, 0.1) is 17.3 Å². The molecule has 1 aliphatic heterocycles. The van der Waals surface area contributed by atoms with E-state index in [1.165, 1.54) is 22.7 Å². The molecule has 2 aliphatic carbocycles. The SMILES string of the molecule is Br.CC1(C)[C@@H]2CC(OC(=O)C(O)(c3cccs3)c3cccs3)C[C@H]1[C@@H]1N[C@@H]12. The Morgan fingerprint density at radius 2 is 1.67 bits per heavy atom. The van der Waals surface area contributed by atoms with Gasteiger partial charge in [0.15, 0.2) is 0 Å². The molecule has 3 fully saturated rings. The van der Waals surface area contributed by atoms with Crippen LogP contribution in [0.2, 0.25) is 0 Å². The number of thiophene rings is 2. The Morgan fingerprint density at radius 3 is 2.11 bits per heavy atom. The van der Waals surface area contributed by atoms with E-state index in [0.29, 0.717) is 39.1 Å². The quantitative estimate of drug-likeness (QED) is 0.525. The van der Waals surface area contributed by atoms with Crippen LogP contribution in [0.3, 0.4) is 0 Å². The van der Waals surface area contributed by atoms with Crippen molar-refractivity contribution in [3.8, 4) is 0 Å². The maximum atomic E-state index is 13.1. The molecule has 3 heterocycles. The second kappa shape index (κ2) is 6.66. The van der Waals surface area contributed by atoms with Gasteiger partial charge in [0.1, 0.15) is 6.10 Å². The molecule has 0 amide bonds. The Labute approximate surface area is 177 Å². The number of halogens is 1. The Hall–Kier alpha value is -0.730. The maximum Gasteiger partial charge on any atom is 0.349 e. The molecule has 3 aliphatic rings. The van der Waals surface area contributed by atoms with E-state index < -0.39 is 11.6 Å². The van der Waals surface area contributed by atoms with Gasteiger partial charge in [0.25, 0.3) is 0 Å². The van der Waals surface area contributed by atoms with Crippen LogP contribution in [0.4, 0.5) is 0 Å². The van der Waals surface area contributed by atoms with Crippen LogP contribution in [0.25, 0.3) is 0 Å². The highest BCUT2D eigenvalue weighted by Gasteiger charge is 2.66. The van der Waals surface area contributed by atoms with Crippen molar-refractivity contribution in [1.82, 2.24) is 5.32 Å². The lowest BCUT2D eigenvalue weighted by Crippen LogP contribution is -2.46. The fourth-order valence-corrected chi connectivity index (χ4v) is 7.00. The van der Waals surface area contributed by atoms with Crippen LogP contribution in [0.1, 0.15) is 36.4 Å². The van der Waals surface area contributed by atoms with Crippen LogP contribution < -0.4 is 5.32 Å². The summed E-state index contributed by atoms with van der Waals surface area (Å²) in [5, 5.41) is 18.7. The minimum absolute atomic E-state index is 0. The third kappa shape index (κ3) is 2.85. The van der Waals surface area contributed by atoms with Gasteiger partial charge in [-0.1, -0.05) is 26.0 Å². The van der Waals surface area contributed by atoms with Crippen LogP contribution in [0.15, 0.2) is 35.0 Å². The van der Waals surface area contributed by atoms with Crippen molar-refractivity contribution in [2.75, 3.05) is 0 Å². The first-order valence-electron chi connectivity index (χ1n) is 9.20. The normalized spacial score (nSPS) is 33.1. The minimum atomic E-state index is -1.70. The molecule has 5 rings (SSSR count). The second-order valence-corrected chi connectivity index (χ2v) is 10.3. The molecule has 0 aromatic carbocycles. The van der Waals surface area contributed by atoms with Crippen LogP contribution in [-0.4, -0.2) is 29.3 Å². The smallest absolute Gasteiger partial charge is 0.349 e. The molecule has 4 nitrogen and oxygen atoms in total. The topological polar surface area (TPSA) is 68.5 Å². The third-order valence-corrected chi connectivity index (χ3v) is 8.76.